The normalized spacial score (nSPS) is 17.6. The fourth-order valence-corrected chi connectivity index (χ4v) is 4.52. The standard InChI is InChI=1S/C22H26ClFN6O/c1-2-4-19(28-17-9-15(23)8-16(24)10-17)20(31)7-14-5-3-6-30(12-14)22-18-11-27-29-21(18)25-13-26-22/h8-11,13-14,19,28H,2-7,12H2,1H3,(H,25,26,27,29)/t14-,19+/m0/s1. The number of hydrogen-bond acceptors (Lipinski definition) is 6. The van der Waals surface area contributed by atoms with E-state index in [-0.39, 0.29) is 17.7 Å². The monoisotopic (exact) mass is 444 g/mol. The number of piperidine rings is 1. The highest BCUT2D eigenvalue weighted by atomic mass is 35.5. The fraction of sp³-hybridized carbons (Fsp3) is 0.455. The highest BCUT2D eigenvalue weighted by Crippen LogP contribution is 2.29. The highest BCUT2D eigenvalue weighted by molar-refractivity contribution is 6.30. The first-order valence-corrected chi connectivity index (χ1v) is 11.1. The quantitative estimate of drug-likeness (QED) is 0.528. The molecule has 3 heterocycles. The van der Waals surface area contributed by atoms with E-state index in [2.05, 4.69) is 30.4 Å². The maximum absolute atomic E-state index is 13.7. The summed E-state index contributed by atoms with van der Waals surface area (Å²) in [7, 11) is 0. The van der Waals surface area contributed by atoms with Crippen LogP contribution in [0.3, 0.4) is 0 Å². The molecule has 164 valence electrons. The van der Waals surface area contributed by atoms with Crippen LogP contribution in [0, 0.1) is 11.7 Å². The van der Waals surface area contributed by atoms with E-state index < -0.39 is 5.82 Å². The van der Waals surface area contributed by atoms with Crippen molar-refractivity contribution in [3.8, 4) is 0 Å². The van der Waals surface area contributed by atoms with Crippen molar-refractivity contribution in [2.45, 2.75) is 45.1 Å². The second-order valence-corrected chi connectivity index (χ2v) is 8.53. The van der Waals surface area contributed by atoms with Gasteiger partial charge in [0.25, 0.3) is 0 Å². The van der Waals surface area contributed by atoms with Gasteiger partial charge in [0.2, 0.25) is 0 Å². The van der Waals surface area contributed by atoms with Crippen LogP contribution in [0.2, 0.25) is 5.02 Å². The number of nitrogens with zero attached hydrogens (tertiary/aromatic N) is 4. The number of aromatic nitrogens is 4. The molecule has 0 saturated carbocycles. The molecule has 2 aromatic heterocycles. The van der Waals surface area contributed by atoms with Crippen LogP contribution in [-0.2, 0) is 4.79 Å². The number of ketones is 1. The van der Waals surface area contributed by atoms with Gasteiger partial charge in [-0.3, -0.25) is 9.89 Å². The van der Waals surface area contributed by atoms with Gasteiger partial charge < -0.3 is 10.2 Å². The third-order valence-electron chi connectivity index (χ3n) is 5.70. The number of carbonyl (C=O) groups excluding carboxylic acids is 1. The highest BCUT2D eigenvalue weighted by Gasteiger charge is 2.27. The molecule has 2 atom stereocenters. The lowest BCUT2D eigenvalue weighted by Gasteiger charge is -2.34. The van der Waals surface area contributed by atoms with Gasteiger partial charge in [-0.05, 0) is 43.4 Å². The van der Waals surface area contributed by atoms with E-state index in [1.54, 1.807) is 12.3 Å². The molecule has 0 aliphatic carbocycles. The zero-order chi connectivity index (χ0) is 21.8. The first kappa shape index (κ1) is 21.5. The van der Waals surface area contributed by atoms with Crippen LogP contribution in [0.5, 0.6) is 0 Å². The summed E-state index contributed by atoms with van der Waals surface area (Å²) in [5.41, 5.74) is 1.24. The summed E-state index contributed by atoms with van der Waals surface area (Å²) >= 11 is 5.97. The Labute approximate surface area is 185 Å². The minimum absolute atomic E-state index is 0.144. The SMILES string of the molecule is CCC[C@@H](Nc1cc(F)cc(Cl)c1)C(=O)C[C@@H]1CCCN(c2ncnc3[nH]ncc23)C1. The molecular formula is C22H26ClFN6O. The molecule has 1 aromatic carbocycles. The molecule has 4 rings (SSSR count). The van der Waals surface area contributed by atoms with Crippen LogP contribution in [0.15, 0.2) is 30.7 Å². The number of Topliss-reactive ketones (excluding diaryl/α,β-unsaturated/α-hetero) is 1. The number of halogens is 2. The molecule has 2 N–H and O–H groups in total. The fourth-order valence-electron chi connectivity index (χ4n) is 4.30. The molecule has 31 heavy (non-hydrogen) atoms. The van der Waals surface area contributed by atoms with E-state index >= 15 is 0 Å². The summed E-state index contributed by atoms with van der Waals surface area (Å²) in [6.07, 6.45) is 7.27. The Morgan fingerprint density at radius 1 is 1.39 bits per heavy atom. The zero-order valence-electron chi connectivity index (χ0n) is 17.4. The third-order valence-corrected chi connectivity index (χ3v) is 5.92. The van der Waals surface area contributed by atoms with Crippen LogP contribution >= 0.6 is 11.6 Å². The number of aromatic amines is 1. The molecule has 1 saturated heterocycles. The summed E-state index contributed by atoms with van der Waals surface area (Å²) in [6, 6.07) is 3.91. The second kappa shape index (κ2) is 9.60. The number of hydrogen-bond donors (Lipinski definition) is 2. The topological polar surface area (TPSA) is 86.8 Å². The zero-order valence-corrected chi connectivity index (χ0v) is 18.2. The summed E-state index contributed by atoms with van der Waals surface area (Å²) in [4.78, 5) is 24.0. The average Bonchev–Trinajstić information content (AvgIpc) is 3.22. The van der Waals surface area contributed by atoms with E-state index in [1.165, 1.54) is 18.5 Å². The van der Waals surface area contributed by atoms with Gasteiger partial charge >= 0.3 is 0 Å². The Balaban J connectivity index is 1.44. The molecule has 1 aliphatic rings. The molecule has 0 spiro atoms. The average molecular weight is 445 g/mol. The minimum atomic E-state index is -0.420. The Morgan fingerprint density at radius 3 is 3.06 bits per heavy atom. The van der Waals surface area contributed by atoms with Gasteiger partial charge in [-0.25, -0.2) is 14.4 Å². The Hall–Kier alpha value is -2.74. The smallest absolute Gasteiger partial charge is 0.160 e. The second-order valence-electron chi connectivity index (χ2n) is 8.10. The number of H-pyrrole nitrogens is 1. The molecule has 3 aromatic rings. The number of anilines is 2. The lowest BCUT2D eigenvalue weighted by molar-refractivity contribution is -0.120. The van der Waals surface area contributed by atoms with Crippen LogP contribution < -0.4 is 10.2 Å². The van der Waals surface area contributed by atoms with Crippen molar-refractivity contribution in [2.75, 3.05) is 23.3 Å². The molecule has 0 unspecified atom stereocenters. The Bertz CT molecular complexity index is 1040. The molecule has 1 fully saturated rings. The first-order chi connectivity index (χ1) is 15.0. The molecule has 9 heteroatoms. The van der Waals surface area contributed by atoms with Crippen molar-refractivity contribution < 1.29 is 9.18 Å². The molecular weight excluding hydrogens is 419 g/mol. The van der Waals surface area contributed by atoms with Gasteiger partial charge in [0, 0.05) is 30.2 Å². The van der Waals surface area contributed by atoms with Gasteiger partial charge in [-0.2, -0.15) is 5.10 Å². The van der Waals surface area contributed by atoms with Gasteiger partial charge in [0.05, 0.1) is 17.6 Å². The molecule has 0 radical (unpaired) electrons. The number of benzene rings is 1. The maximum Gasteiger partial charge on any atom is 0.160 e. The van der Waals surface area contributed by atoms with Gasteiger partial charge in [-0.1, -0.05) is 24.9 Å². The third kappa shape index (κ3) is 5.12. The molecule has 0 amide bonds. The lowest BCUT2D eigenvalue weighted by atomic mass is 9.89. The van der Waals surface area contributed by atoms with Crippen LogP contribution in [0.1, 0.15) is 39.0 Å². The van der Waals surface area contributed by atoms with E-state index in [0.29, 0.717) is 29.2 Å². The summed E-state index contributed by atoms with van der Waals surface area (Å²) in [5.74, 6) is 0.810. The minimum Gasteiger partial charge on any atom is -0.375 e. The summed E-state index contributed by atoms with van der Waals surface area (Å²) < 4.78 is 13.7. The largest absolute Gasteiger partial charge is 0.375 e. The Morgan fingerprint density at radius 2 is 2.26 bits per heavy atom. The maximum atomic E-state index is 13.7. The van der Waals surface area contributed by atoms with Crippen molar-refractivity contribution in [3.63, 3.8) is 0 Å². The van der Waals surface area contributed by atoms with Crippen molar-refractivity contribution in [3.05, 3.63) is 41.6 Å². The van der Waals surface area contributed by atoms with Gasteiger partial charge in [-0.15, -0.1) is 0 Å². The van der Waals surface area contributed by atoms with E-state index in [4.69, 9.17) is 11.6 Å². The summed E-state index contributed by atoms with van der Waals surface area (Å²) in [5, 5.41) is 11.3. The molecule has 0 bridgehead atoms. The number of fused-ring (bicyclic) bond motifs is 1. The number of rotatable bonds is 8. The van der Waals surface area contributed by atoms with Crippen molar-refractivity contribution in [1.29, 1.82) is 0 Å². The lowest BCUT2D eigenvalue weighted by Crippen LogP contribution is -2.39. The predicted molar refractivity (Wildman–Crippen MR) is 120 cm³/mol. The van der Waals surface area contributed by atoms with E-state index in [1.807, 2.05) is 6.92 Å². The Kier molecular flexibility index (Phi) is 6.65. The van der Waals surface area contributed by atoms with Crippen LogP contribution in [0.4, 0.5) is 15.9 Å². The van der Waals surface area contributed by atoms with Crippen molar-refractivity contribution in [2.24, 2.45) is 5.92 Å². The summed E-state index contributed by atoms with van der Waals surface area (Å²) in [6.45, 7) is 3.68. The predicted octanol–water partition coefficient (Wildman–Crippen LogP) is 4.60. The molecule has 7 nitrogen and oxygen atoms in total. The van der Waals surface area contributed by atoms with Crippen molar-refractivity contribution >= 4 is 39.9 Å². The van der Waals surface area contributed by atoms with Gasteiger partial charge in [0.1, 0.15) is 18.0 Å². The first-order valence-electron chi connectivity index (χ1n) is 10.7. The number of nitrogens with one attached hydrogen (secondary N) is 2. The van der Waals surface area contributed by atoms with E-state index in [0.717, 1.165) is 43.6 Å². The van der Waals surface area contributed by atoms with E-state index in [9.17, 15) is 9.18 Å². The van der Waals surface area contributed by atoms with Gasteiger partial charge in [0.15, 0.2) is 11.4 Å². The molecule has 1 aliphatic heterocycles. The van der Waals surface area contributed by atoms with Crippen LogP contribution in [0.25, 0.3) is 11.0 Å². The van der Waals surface area contributed by atoms with Crippen LogP contribution in [-0.4, -0.2) is 45.1 Å². The number of carbonyl (C=O) groups is 1. The van der Waals surface area contributed by atoms with Crippen molar-refractivity contribution in [1.82, 2.24) is 20.2 Å².